The van der Waals surface area contributed by atoms with E-state index < -0.39 is 27.7 Å². The molecular formula is C16H15F2NO3S. The lowest BCUT2D eigenvalue weighted by atomic mass is 10.1. The van der Waals surface area contributed by atoms with Crippen LogP contribution in [0, 0.1) is 11.6 Å². The number of Topliss-reactive ketones (excluding diaryl/α,β-unsaturated/α-hetero) is 1. The number of halogens is 2. The fraction of sp³-hybridized carbons (Fsp3) is 0.188. The summed E-state index contributed by atoms with van der Waals surface area (Å²) in [7, 11) is -3.85. The Hall–Kier alpha value is -2.12. The van der Waals surface area contributed by atoms with E-state index in [-0.39, 0.29) is 10.7 Å². The first-order chi connectivity index (χ1) is 10.7. The summed E-state index contributed by atoms with van der Waals surface area (Å²) < 4.78 is 53.1. The van der Waals surface area contributed by atoms with Crippen molar-refractivity contribution < 1.29 is 22.0 Å². The fourth-order valence-corrected chi connectivity index (χ4v) is 3.25. The van der Waals surface area contributed by atoms with Crippen molar-refractivity contribution in [3.63, 3.8) is 0 Å². The molecule has 23 heavy (non-hydrogen) atoms. The summed E-state index contributed by atoms with van der Waals surface area (Å²) in [6.07, 6.45) is 0. The molecule has 0 aliphatic carbocycles. The molecular weight excluding hydrogens is 324 g/mol. The van der Waals surface area contributed by atoms with Crippen molar-refractivity contribution >= 4 is 15.8 Å². The van der Waals surface area contributed by atoms with Gasteiger partial charge in [0.05, 0.1) is 4.90 Å². The van der Waals surface area contributed by atoms with Crippen LogP contribution in [0.1, 0.15) is 35.8 Å². The molecule has 2 rings (SSSR count). The maximum atomic E-state index is 13.2. The third kappa shape index (κ3) is 4.00. The zero-order valence-electron chi connectivity index (χ0n) is 12.5. The summed E-state index contributed by atoms with van der Waals surface area (Å²) in [6, 6.07) is 7.91. The Balaban J connectivity index is 2.22. The van der Waals surface area contributed by atoms with E-state index in [9.17, 15) is 22.0 Å². The maximum absolute atomic E-state index is 13.2. The van der Waals surface area contributed by atoms with Crippen molar-refractivity contribution in [3.05, 3.63) is 65.2 Å². The van der Waals surface area contributed by atoms with Gasteiger partial charge in [0, 0.05) is 11.6 Å². The second-order valence-electron chi connectivity index (χ2n) is 5.10. The predicted octanol–water partition coefficient (Wildman–Crippen LogP) is 3.21. The first kappa shape index (κ1) is 17.2. The number of carbonyl (C=O) groups excluding carboxylic acids is 1. The molecule has 1 atom stereocenters. The summed E-state index contributed by atoms with van der Waals surface area (Å²) in [6.45, 7) is 2.90. The minimum Gasteiger partial charge on any atom is -0.295 e. The van der Waals surface area contributed by atoms with Crippen molar-refractivity contribution in [2.75, 3.05) is 0 Å². The molecule has 2 aromatic rings. The topological polar surface area (TPSA) is 63.2 Å². The molecule has 0 spiro atoms. The van der Waals surface area contributed by atoms with Crippen LogP contribution in [0.4, 0.5) is 8.78 Å². The van der Waals surface area contributed by atoms with Crippen LogP contribution in [-0.4, -0.2) is 14.2 Å². The van der Waals surface area contributed by atoms with Crippen molar-refractivity contribution in [1.82, 2.24) is 4.72 Å². The highest BCUT2D eigenvalue weighted by molar-refractivity contribution is 7.89. The Labute approximate surface area is 133 Å². The minimum atomic E-state index is -3.85. The van der Waals surface area contributed by atoms with Crippen LogP contribution in [0.15, 0.2) is 47.4 Å². The number of benzene rings is 2. The zero-order chi connectivity index (χ0) is 17.2. The van der Waals surface area contributed by atoms with E-state index in [4.69, 9.17) is 0 Å². The highest BCUT2D eigenvalue weighted by Gasteiger charge is 2.19. The average Bonchev–Trinajstić information content (AvgIpc) is 2.49. The molecule has 0 heterocycles. The number of hydrogen-bond acceptors (Lipinski definition) is 3. The zero-order valence-corrected chi connectivity index (χ0v) is 13.3. The van der Waals surface area contributed by atoms with Crippen LogP contribution in [-0.2, 0) is 10.0 Å². The van der Waals surface area contributed by atoms with Gasteiger partial charge in [0.2, 0.25) is 10.0 Å². The lowest BCUT2D eigenvalue weighted by Gasteiger charge is -2.15. The van der Waals surface area contributed by atoms with Crippen molar-refractivity contribution in [1.29, 1.82) is 0 Å². The molecule has 0 saturated heterocycles. The first-order valence-corrected chi connectivity index (χ1v) is 8.27. The number of hydrogen-bond donors (Lipinski definition) is 1. The van der Waals surface area contributed by atoms with Crippen LogP contribution < -0.4 is 4.72 Å². The summed E-state index contributed by atoms with van der Waals surface area (Å²) in [5.41, 5.74) is 0.699. The van der Waals surface area contributed by atoms with Crippen LogP contribution in [0.25, 0.3) is 0 Å². The molecule has 122 valence electrons. The smallest absolute Gasteiger partial charge is 0.241 e. The summed E-state index contributed by atoms with van der Waals surface area (Å²) in [5.74, 6) is -2.21. The molecule has 0 bridgehead atoms. The van der Waals surface area contributed by atoms with Gasteiger partial charge in [0.25, 0.3) is 0 Å². The summed E-state index contributed by atoms with van der Waals surface area (Å²) in [5, 5.41) is 0. The van der Waals surface area contributed by atoms with Crippen LogP contribution in [0.3, 0.4) is 0 Å². The molecule has 0 aromatic heterocycles. The highest BCUT2D eigenvalue weighted by atomic mass is 32.2. The Morgan fingerprint density at radius 1 is 1.04 bits per heavy atom. The van der Waals surface area contributed by atoms with E-state index in [2.05, 4.69) is 4.72 Å². The van der Waals surface area contributed by atoms with Crippen LogP contribution in [0.2, 0.25) is 0 Å². The fourth-order valence-electron chi connectivity index (χ4n) is 2.02. The number of nitrogens with one attached hydrogen (secondary N) is 1. The van der Waals surface area contributed by atoms with Gasteiger partial charge < -0.3 is 0 Å². The highest BCUT2D eigenvalue weighted by Crippen LogP contribution is 2.19. The van der Waals surface area contributed by atoms with Gasteiger partial charge in [0.15, 0.2) is 17.4 Å². The molecule has 0 fully saturated rings. The summed E-state index contributed by atoms with van der Waals surface area (Å²) in [4.78, 5) is 11.2. The quantitative estimate of drug-likeness (QED) is 0.851. The lowest BCUT2D eigenvalue weighted by molar-refractivity contribution is 0.101. The minimum absolute atomic E-state index is 0.0167. The van der Waals surface area contributed by atoms with Gasteiger partial charge in [-0.05, 0) is 43.7 Å². The SMILES string of the molecule is CC(=O)c1ccc(S(=O)(=O)NC(C)c2ccc(F)c(F)c2)cc1. The van der Waals surface area contributed by atoms with Gasteiger partial charge in [-0.15, -0.1) is 0 Å². The third-order valence-electron chi connectivity index (χ3n) is 3.35. The van der Waals surface area contributed by atoms with Gasteiger partial charge in [-0.3, -0.25) is 4.79 Å². The average molecular weight is 339 g/mol. The molecule has 1 N–H and O–H groups in total. The van der Waals surface area contributed by atoms with Crippen molar-refractivity contribution in [3.8, 4) is 0 Å². The predicted molar refractivity (Wildman–Crippen MR) is 81.5 cm³/mol. The molecule has 7 heteroatoms. The van der Waals surface area contributed by atoms with Gasteiger partial charge in [0.1, 0.15) is 0 Å². The first-order valence-electron chi connectivity index (χ1n) is 6.79. The monoisotopic (exact) mass is 339 g/mol. The molecule has 1 unspecified atom stereocenters. The second kappa shape index (κ2) is 6.55. The van der Waals surface area contributed by atoms with Crippen LogP contribution in [0.5, 0.6) is 0 Å². The van der Waals surface area contributed by atoms with Gasteiger partial charge >= 0.3 is 0 Å². The molecule has 0 amide bonds. The Morgan fingerprint density at radius 2 is 1.65 bits per heavy atom. The molecule has 0 aliphatic rings. The van der Waals surface area contributed by atoms with E-state index >= 15 is 0 Å². The van der Waals surface area contributed by atoms with Crippen molar-refractivity contribution in [2.24, 2.45) is 0 Å². The summed E-state index contributed by atoms with van der Waals surface area (Å²) >= 11 is 0. The van der Waals surface area contributed by atoms with E-state index in [1.807, 2.05) is 0 Å². The normalized spacial score (nSPS) is 12.9. The number of rotatable bonds is 5. The number of sulfonamides is 1. The Bertz CT molecular complexity index is 833. The largest absolute Gasteiger partial charge is 0.295 e. The number of carbonyl (C=O) groups is 1. The van der Waals surface area contributed by atoms with Gasteiger partial charge in [-0.25, -0.2) is 21.9 Å². The Kier molecular flexibility index (Phi) is 4.91. The van der Waals surface area contributed by atoms with Gasteiger partial charge in [-0.1, -0.05) is 18.2 Å². The molecule has 0 aliphatic heterocycles. The third-order valence-corrected chi connectivity index (χ3v) is 4.90. The number of ketones is 1. The molecule has 4 nitrogen and oxygen atoms in total. The molecule has 0 radical (unpaired) electrons. The Morgan fingerprint density at radius 3 is 2.17 bits per heavy atom. The van der Waals surface area contributed by atoms with E-state index in [0.717, 1.165) is 12.1 Å². The maximum Gasteiger partial charge on any atom is 0.241 e. The molecule has 0 saturated carbocycles. The second-order valence-corrected chi connectivity index (χ2v) is 6.81. The van der Waals surface area contributed by atoms with Crippen LogP contribution >= 0.6 is 0 Å². The van der Waals surface area contributed by atoms with Gasteiger partial charge in [-0.2, -0.15) is 0 Å². The van der Waals surface area contributed by atoms with E-state index in [1.54, 1.807) is 0 Å². The van der Waals surface area contributed by atoms with E-state index in [1.165, 1.54) is 44.2 Å². The standard InChI is InChI=1S/C16H15F2NO3S/c1-10(13-5-8-15(17)16(18)9-13)19-23(21,22)14-6-3-12(4-7-14)11(2)20/h3-10,19H,1-2H3. The van der Waals surface area contributed by atoms with Crippen molar-refractivity contribution in [2.45, 2.75) is 24.8 Å². The van der Waals surface area contributed by atoms with E-state index in [0.29, 0.717) is 11.1 Å². The molecule has 2 aromatic carbocycles. The lowest BCUT2D eigenvalue weighted by Crippen LogP contribution is -2.27.